The number of amides is 2. The average molecular weight is 657 g/mol. The first kappa shape index (κ1) is 28.3. The summed E-state index contributed by atoms with van der Waals surface area (Å²) in [6.45, 7) is 5.43. The SMILES string of the molecule is Cc1noc([C@]23CC4CC5(CC5(C2)[C@H]4NC(=O)N2CCN(c4ccc(N5CCN(S(=O)(=O)C6CC6)CC5)cn4)c4ccccc42)C3)n1. The second-order valence-electron chi connectivity index (χ2n) is 15.3. The van der Waals surface area contributed by atoms with E-state index in [4.69, 9.17) is 9.51 Å². The predicted molar refractivity (Wildman–Crippen MR) is 175 cm³/mol. The van der Waals surface area contributed by atoms with Crippen molar-refractivity contribution in [1.82, 2.24) is 24.7 Å². The highest BCUT2D eigenvalue weighted by Crippen LogP contribution is 2.89. The van der Waals surface area contributed by atoms with Crippen LogP contribution in [0.5, 0.6) is 0 Å². The van der Waals surface area contributed by atoms with Crippen LogP contribution in [0.25, 0.3) is 0 Å². The molecule has 13 heteroatoms. The van der Waals surface area contributed by atoms with Crippen LogP contribution in [0.15, 0.2) is 47.1 Å². The first-order chi connectivity index (χ1) is 22.7. The van der Waals surface area contributed by atoms with Crippen LogP contribution in [0.4, 0.5) is 27.7 Å². The highest BCUT2D eigenvalue weighted by atomic mass is 32.2. The molecule has 2 aliphatic heterocycles. The predicted octanol–water partition coefficient (Wildman–Crippen LogP) is 3.96. The third kappa shape index (κ3) is 3.98. The number of aromatic nitrogens is 3. The molecule has 3 unspecified atom stereocenters. The monoisotopic (exact) mass is 656 g/mol. The van der Waals surface area contributed by atoms with Crippen molar-refractivity contribution < 1.29 is 17.7 Å². The summed E-state index contributed by atoms with van der Waals surface area (Å²) in [5.41, 5.74) is 3.30. The van der Waals surface area contributed by atoms with Gasteiger partial charge in [0.25, 0.3) is 0 Å². The molecule has 6 aliphatic carbocycles. The van der Waals surface area contributed by atoms with Crippen molar-refractivity contribution in [2.75, 3.05) is 54.0 Å². The molecule has 1 aromatic carbocycles. The minimum atomic E-state index is -3.14. The third-order valence-corrected chi connectivity index (χ3v) is 15.1. The fraction of sp³-hybridized carbons (Fsp3) is 0.588. The van der Waals surface area contributed by atoms with E-state index in [0.29, 0.717) is 56.4 Å². The number of anilines is 4. The Morgan fingerprint density at radius 3 is 2.47 bits per heavy atom. The van der Waals surface area contributed by atoms with Gasteiger partial charge >= 0.3 is 6.03 Å². The summed E-state index contributed by atoms with van der Waals surface area (Å²) in [6, 6.07) is 12.4. The molecule has 4 heterocycles. The molecule has 2 amide bonds. The number of urea groups is 1. The number of aryl methyl sites for hydroxylation is 1. The van der Waals surface area contributed by atoms with Crippen LogP contribution in [0, 0.1) is 23.7 Å². The molecule has 5 atom stereocenters. The first-order valence-corrected chi connectivity index (χ1v) is 18.7. The van der Waals surface area contributed by atoms with E-state index < -0.39 is 10.0 Å². The van der Waals surface area contributed by atoms with Gasteiger partial charge in [0.2, 0.25) is 15.9 Å². The second-order valence-corrected chi connectivity index (χ2v) is 17.5. The molecule has 2 spiro atoms. The minimum absolute atomic E-state index is 0.0108. The molecule has 3 aromatic rings. The topological polar surface area (TPSA) is 128 Å². The van der Waals surface area contributed by atoms with Crippen LogP contribution >= 0.6 is 0 Å². The van der Waals surface area contributed by atoms with Gasteiger partial charge in [-0.3, -0.25) is 4.90 Å². The highest BCUT2D eigenvalue weighted by Gasteiger charge is 2.86. The molecule has 12 nitrogen and oxygen atoms in total. The number of carbonyl (C=O) groups excluding carboxylic acids is 1. The molecule has 47 heavy (non-hydrogen) atoms. The molecular weight excluding hydrogens is 616 g/mol. The smallest absolute Gasteiger partial charge is 0.322 e. The van der Waals surface area contributed by atoms with E-state index in [1.807, 2.05) is 42.3 Å². The molecule has 1 saturated heterocycles. The first-order valence-electron chi connectivity index (χ1n) is 17.2. The number of carbonyl (C=O) groups is 1. The van der Waals surface area contributed by atoms with Crippen LogP contribution in [-0.4, -0.2) is 84.4 Å². The molecule has 7 fully saturated rings. The van der Waals surface area contributed by atoms with E-state index in [9.17, 15) is 13.2 Å². The summed E-state index contributed by atoms with van der Waals surface area (Å²) in [5.74, 6) is 2.78. The van der Waals surface area contributed by atoms with Gasteiger partial charge in [-0.05, 0) is 92.9 Å². The number of sulfonamides is 1. The Morgan fingerprint density at radius 2 is 1.77 bits per heavy atom. The lowest BCUT2D eigenvalue weighted by atomic mass is 9.62. The highest BCUT2D eigenvalue weighted by molar-refractivity contribution is 7.90. The van der Waals surface area contributed by atoms with E-state index in [2.05, 4.69) is 37.4 Å². The van der Waals surface area contributed by atoms with Gasteiger partial charge in [-0.15, -0.1) is 0 Å². The summed E-state index contributed by atoms with van der Waals surface area (Å²) in [7, 11) is -3.14. The van der Waals surface area contributed by atoms with E-state index in [1.54, 1.807) is 4.31 Å². The van der Waals surface area contributed by atoms with Gasteiger partial charge in [0.05, 0.1) is 33.9 Å². The Kier molecular flexibility index (Phi) is 5.70. The molecular formula is C34H40N8O4S. The zero-order valence-electron chi connectivity index (χ0n) is 26.6. The average Bonchev–Trinajstić information content (AvgIpc) is 3.95. The summed E-state index contributed by atoms with van der Waals surface area (Å²) in [4.78, 5) is 29.9. The standard InChI is InChI=1S/C34H40N8O4S/c1-22-36-30(46-38-22)32-16-23-17-33(19-32)21-34(33,20-32)29(23)37-31(43)42-15-14-41(26-4-2-3-5-27(26)42)28-9-6-24(18-35-28)39-10-12-40(13-11-39)47(44,45)25-7-8-25/h2-6,9,18,23,25,29H,7-8,10-17,19-21H2,1H3,(H,37,43)/t23?,29-,32-,33?,34?/m0/s1. The van der Waals surface area contributed by atoms with Crippen molar-refractivity contribution in [2.24, 2.45) is 16.7 Å². The van der Waals surface area contributed by atoms with Crippen molar-refractivity contribution in [2.45, 2.75) is 68.6 Å². The van der Waals surface area contributed by atoms with Gasteiger partial charge in [-0.25, -0.2) is 18.2 Å². The minimum Gasteiger partial charge on any atom is -0.368 e. The van der Waals surface area contributed by atoms with E-state index in [-0.39, 0.29) is 28.2 Å². The van der Waals surface area contributed by atoms with E-state index >= 15 is 0 Å². The number of benzene rings is 1. The third-order valence-electron chi connectivity index (χ3n) is 12.7. The molecule has 2 aromatic heterocycles. The molecule has 246 valence electrons. The van der Waals surface area contributed by atoms with Crippen molar-refractivity contribution in [3.8, 4) is 0 Å². The van der Waals surface area contributed by atoms with Gasteiger partial charge in [0.15, 0.2) is 5.82 Å². The Labute approximate surface area is 274 Å². The molecule has 4 bridgehead atoms. The Bertz CT molecular complexity index is 1890. The summed E-state index contributed by atoms with van der Waals surface area (Å²) in [5, 5.41) is 7.50. The number of piperazine rings is 1. The van der Waals surface area contributed by atoms with Gasteiger partial charge in [-0.1, -0.05) is 17.3 Å². The Balaban J connectivity index is 0.834. The van der Waals surface area contributed by atoms with Crippen molar-refractivity contribution in [3.05, 3.63) is 54.3 Å². The molecule has 1 N–H and O–H groups in total. The van der Waals surface area contributed by atoms with E-state index in [1.165, 1.54) is 12.8 Å². The number of rotatable bonds is 6. The molecule has 8 aliphatic rings. The van der Waals surface area contributed by atoms with Crippen LogP contribution in [0.2, 0.25) is 0 Å². The number of hydrogen-bond acceptors (Lipinski definition) is 9. The maximum Gasteiger partial charge on any atom is 0.322 e. The lowest BCUT2D eigenvalue weighted by molar-refractivity contribution is 0.0966. The summed E-state index contributed by atoms with van der Waals surface area (Å²) in [6.07, 6.45) is 9.00. The van der Waals surface area contributed by atoms with Gasteiger partial charge in [-0.2, -0.15) is 9.29 Å². The lowest BCUT2D eigenvalue weighted by Gasteiger charge is -2.45. The van der Waals surface area contributed by atoms with Gasteiger partial charge in [0, 0.05) is 45.3 Å². The lowest BCUT2D eigenvalue weighted by Crippen LogP contribution is -2.56. The van der Waals surface area contributed by atoms with Gasteiger partial charge in [0.1, 0.15) is 5.82 Å². The van der Waals surface area contributed by atoms with Crippen LogP contribution in [0.3, 0.4) is 0 Å². The zero-order valence-corrected chi connectivity index (χ0v) is 27.5. The maximum atomic E-state index is 14.1. The number of nitrogens with one attached hydrogen (secondary N) is 1. The molecule has 11 rings (SSSR count). The Morgan fingerprint density at radius 1 is 0.957 bits per heavy atom. The molecule has 0 radical (unpaired) electrons. The van der Waals surface area contributed by atoms with E-state index in [0.717, 1.165) is 60.9 Å². The van der Waals surface area contributed by atoms with Crippen molar-refractivity contribution in [3.63, 3.8) is 0 Å². The number of pyridine rings is 1. The van der Waals surface area contributed by atoms with Crippen molar-refractivity contribution >= 4 is 38.9 Å². The normalized spacial score (nSPS) is 34.0. The largest absolute Gasteiger partial charge is 0.368 e. The zero-order chi connectivity index (χ0) is 31.8. The number of hydrogen-bond donors (Lipinski definition) is 1. The second kappa shape index (κ2) is 9.46. The fourth-order valence-corrected chi connectivity index (χ4v) is 12.5. The van der Waals surface area contributed by atoms with Crippen LogP contribution in [-0.2, 0) is 15.4 Å². The quantitative estimate of drug-likeness (QED) is 0.420. The summed E-state index contributed by atoms with van der Waals surface area (Å²) >= 11 is 0. The fourth-order valence-electron chi connectivity index (χ4n) is 10.7. The summed E-state index contributed by atoms with van der Waals surface area (Å²) < 4.78 is 32.7. The van der Waals surface area contributed by atoms with Crippen LogP contribution in [0.1, 0.15) is 56.7 Å². The molecule has 6 saturated carbocycles. The number of para-hydroxylation sites is 2. The number of nitrogens with zero attached hydrogens (tertiary/aromatic N) is 7. The van der Waals surface area contributed by atoms with Crippen molar-refractivity contribution in [1.29, 1.82) is 0 Å². The van der Waals surface area contributed by atoms with Crippen LogP contribution < -0.4 is 20.0 Å². The van der Waals surface area contributed by atoms with Gasteiger partial charge < -0.3 is 19.6 Å². The number of fused-ring (bicyclic) bond motifs is 1. The Hall–Kier alpha value is -3.71. The maximum absolute atomic E-state index is 14.1.